The molecule has 0 aromatic heterocycles. The Hall–Kier alpha value is -2.00. The number of terminal acetylenes is 2. The number of hydrogen-bond donors (Lipinski definition) is 2. The minimum Gasteiger partial charge on any atom is -0.377 e. The van der Waals surface area contributed by atoms with Crippen LogP contribution in [-0.2, 0) is 0 Å². The highest BCUT2D eigenvalue weighted by Gasteiger charge is 1.93. The molecular formula is C32H50O2. The molecule has 0 saturated heterocycles. The van der Waals surface area contributed by atoms with E-state index in [1.165, 1.54) is 96.3 Å². The van der Waals surface area contributed by atoms with Crippen molar-refractivity contribution in [2.24, 2.45) is 0 Å². The van der Waals surface area contributed by atoms with E-state index in [1.54, 1.807) is 12.2 Å². The first-order valence-electron chi connectivity index (χ1n) is 13.6. The molecule has 2 heteroatoms. The summed E-state index contributed by atoms with van der Waals surface area (Å²) in [5, 5.41) is 18.4. The molecule has 0 aliphatic heterocycles. The van der Waals surface area contributed by atoms with Crippen LogP contribution in [0.15, 0.2) is 48.6 Å². The van der Waals surface area contributed by atoms with Crippen LogP contribution in [-0.4, -0.2) is 22.4 Å². The first-order valence-corrected chi connectivity index (χ1v) is 13.6. The molecule has 0 saturated carbocycles. The minimum atomic E-state index is -0.730. The standard InChI is InChI=1S/C32H50O2/c1-3-31(33)29-27-25-23-21-19-17-15-13-11-9-7-5-6-8-10-12-14-16-18-20-22-24-26-28-30-32(34)4-2/h1-2,5,7,14,16,27-34H,6,8-13,15,17-26H2/t31-,32-/m0/s1. The van der Waals surface area contributed by atoms with Crippen molar-refractivity contribution in [2.45, 2.75) is 128 Å². The van der Waals surface area contributed by atoms with Gasteiger partial charge in [-0.05, 0) is 89.2 Å². The van der Waals surface area contributed by atoms with Crippen molar-refractivity contribution in [3.63, 3.8) is 0 Å². The van der Waals surface area contributed by atoms with Crippen LogP contribution in [0, 0.1) is 24.7 Å². The van der Waals surface area contributed by atoms with Gasteiger partial charge in [-0.3, -0.25) is 0 Å². The fraction of sp³-hybridized carbons (Fsp3) is 0.625. The summed E-state index contributed by atoms with van der Waals surface area (Å²) < 4.78 is 0. The van der Waals surface area contributed by atoms with Crippen molar-refractivity contribution >= 4 is 0 Å². The van der Waals surface area contributed by atoms with Crippen LogP contribution in [0.2, 0.25) is 0 Å². The average Bonchev–Trinajstić information content (AvgIpc) is 2.85. The molecule has 0 spiro atoms. The fourth-order valence-corrected chi connectivity index (χ4v) is 3.67. The Bertz CT molecular complexity index is 626. The fourth-order valence-electron chi connectivity index (χ4n) is 3.67. The van der Waals surface area contributed by atoms with Crippen molar-refractivity contribution in [1.29, 1.82) is 0 Å². The lowest BCUT2D eigenvalue weighted by Gasteiger charge is -2.00. The van der Waals surface area contributed by atoms with E-state index in [9.17, 15) is 10.2 Å². The van der Waals surface area contributed by atoms with Crippen molar-refractivity contribution in [1.82, 2.24) is 0 Å². The number of rotatable bonds is 23. The van der Waals surface area contributed by atoms with Crippen LogP contribution >= 0.6 is 0 Å². The highest BCUT2D eigenvalue weighted by atomic mass is 16.3. The summed E-state index contributed by atoms with van der Waals surface area (Å²) in [7, 11) is 0. The molecule has 0 aliphatic rings. The van der Waals surface area contributed by atoms with E-state index >= 15 is 0 Å². The number of aliphatic hydroxyl groups excluding tert-OH is 2. The van der Waals surface area contributed by atoms with Gasteiger partial charge in [0.1, 0.15) is 12.2 Å². The highest BCUT2D eigenvalue weighted by Crippen LogP contribution is 2.11. The zero-order valence-corrected chi connectivity index (χ0v) is 21.6. The second-order valence-corrected chi connectivity index (χ2v) is 9.00. The van der Waals surface area contributed by atoms with Gasteiger partial charge in [-0.25, -0.2) is 0 Å². The van der Waals surface area contributed by atoms with E-state index in [0.717, 1.165) is 19.3 Å². The van der Waals surface area contributed by atoms with Gasteiger partial charge in [0, 0.05) is 0 Å². The quantitative estimate of drug-likeness (QED) is 0.0904. The van der Waals surface area contributed by atoms with Crippen LogP contribution in [0.1, 0.15) is 116 Å². The van der Waals surface area contributed by atoms with E-state index in [0.29, 0.717) is 0 Å². The van der Waals surface area contributed by atoms with Gasteiger partial charge in [-0.2, -0.15) is 0 Å². The topological polar surface area (TPSA) is 40.5 Å². The largest absolute Gasteiger partial charge is 0.377 e. The van der Waals surface area contributed by atoms with E-state index < -0.39 is 12.2 Å². The Balaban J connectivity index is 3.27. The van der Waals surface area contributed by atoms with E-state index in [4.69, 9.17) is 12.8 Å². The van der Waals surface area contributed by atoms with Crippen LogP contribution < -0.4 is 0 Å². The Morgan fingerprint density at radius 1 is 0.412 bits per heavy atom. The molecular weight excluding hydrogens is 416 g/mol. The predicted molar refractivity (Wildman–Crippen MR) is 149 cm³/mol. The van der Waals surface area contributed by atoms with Gasteiger partial charge in [-0.1, -0.05) is 86.8 Å². The number of aliphatic hydroxyl groups is 2. The molecule has 0 rings (SSSR count). The first-order chi connectivity index (χ1) is 16.7. The lowest BCUT2D eigenvalue weighted by atomic mass is 10.1. The van der Waals surface area contributed by atoms with Crippen molar-refractivity contribution in [2.75, 3.05) is 0 Å². The van der Waals surface area contributed by atoms with Crippen LogP contribution in [0.25, 0.3) is 0 Å². The summed E-state index contributed by atoms with van der Waals surface area (Å²) in [6.07, 6.45) is 47.7. The molecule has 0 amide bonds. The molecule has 190 valence electrons. The molecule has 34 heavy (non-hydrogen) atoms. The van der Waals surface area contributed by atoms with Crippen molar-refractivity contribution in [3.8, 4) is 24.7 Å². The maximum Gasteiger partial charge on any atom is 0.133 e. The molecule has 0 aromatic carbocycles. The molecule has 2 atom stereocenters. The lowest BCUT2D eigenvalue weighted by molar-refractivity contribution is 0.280. The Morgan fingerprint density at radius 2 is 0.647 bits per heavy atom. The Morgan fingerprint density at radius 3 is 0.971 bits per heavy atom. The van der Waals surface area contributed by atoms with E-state index in [-0.39, 0.29) is 0 Å². The zero-order valence-electron chi connectivity index (χ0n) is 21.6. The smallest absolute Gasteiger partial charge is 0.133 e. The Kier molecular flexibility index (Phi) is 25.6. The van der Waals surface area contributed by atoms with Gasteiger partial charge >= 0.3 is 0 Å². The zero-order chi connectivity index (χ0) is 25.0. The monoisotopic (exact) mass is 466 g/mol. The van der Waals surface area contributed by atoms with Crippen LogP contribution in [0.3, 0.4) is 0 Å². The van der Waals surface area contributed by atoms with Gasteiger partial charge in [0.15, 0.2) is 0 Å². The summed E-state index contributed by atoms with van der Waals surface area (Å²) >= 11 is 0. The van der Waals surface area contributed by atoms with Gasteiger partial charge < -0.3 is 10.2 Å². The number of hydrogen-bond acceptors (Lipinski definition) is 2. The van der Waals surface area contributed by atoms with Crippen molar-refractivity contribution < 1.29 is 10.2 Å². The summed E-state index contributed by atoms with van der Waals surface area (Å²) in [6.45, 7) is 0. The first kappa shape index (κ1) is 32.0. The van der Waals surface area contributed by atoms with Gasteiger partial charge in [0.25, 0.3) is 0 Å². The van der Waals surface area contributed by atoms with Crippen LogP contribution in [0.4, 0.5) is 0 Å². The molecule has 0 fully saturated rings. The third-order valence-corrected chi connectivity index (χ3v) is 5.79. The molecule has 0 unspecified atom stereocenters. The second kappa shape index (κ2) is 27.2. The van der Waals surface area contributed by atoms with E-state index in [1.807, 2.05) is 12.2 Å². The molecule has 2 N–H and O–H groups in total. The maximum atomic E-state index is 9.22. The molecule has 0 radical (unpaired) electrons. The normalized spacial score (nSPS) is 13.8. The molecule has 0 bridgehead atoms. The SMILES string of the molecule is C#C[C@H](O)C=CCCCCCC=CCCCCC=CCCCCCCCCCC=C[C@@H](O)C#C. The average molecular weight is 467 g/mol. The number of allylic oxidation sites excluding steroid dienone is 6. The molecule has 0 aromatic rings. The summed E-state index contributed by atoms with van der Waals surface area (Å²) in [4.78, 5) is 0. The van der Waals surface area contributed by atoms with Gasteiger partial charge in [-0.15, -0.1) is 12.8 Å². The molecule has 0 heterocycles. The minimum absolute atomic E-state index is 0.723. The van der Waals surface area contributed by atoms with E-state index in [2.05, 4.69) is 36.1 Å². The van der Waals surface area contributed by atoms with Crippen molar-refractivity contribution in [3.05, 3.63) is 48.6 Å². The van der Waals surface area contributed by atoms with Gasteiger partial charge in [0.2, 0.25) is 0 Å². The summed E-state index contributed by atoms with van der Waals surface area (Å²) in [6, 6.07) is 0. The molecule has 0 aliphatic carbocycles. The maximum absolute atomic E-state index is 9.22. The lowest BCUT2D eigenvalue weighted by Crippen LogP contribution is -1.95. The summed E-state index contributed by atoms with van der Waals surface area (Å²) in [5.74, 6) is 4.57. The van der Waals surface area contributed by atoms with Crippen LogP contribution in [0.5, 0.6) is 0 Å². The third kappa shape index (κ3) is 26.3. The Labute approximate surface area is 211 Å². The van der Waals surface area contributed by atoms with Gasteiger partial charge in [0.05, 0.1) is 0 Å². The summed E-state index contributed by atoms with van der Waals surface area (Å²) in [5.41, 5.74) is 0. The number of unbranched alkanes of at least 4 members (excludes halogenated alkanes) is 15. The molecule has 2 nitrogen and oxygen atoms in total. The predicted octanol–water partition coefficient (Wildman–Crippen LogP) is 8.22. The highest BCUT2D eigenvalue weighted by molar-refractivity contribution is 5.06. The third-order valence-electron chi connectivity index (χ3n) is 5.79. The second-order valence-electron chi connectivity index (χ2n) is 9.00.